The molecular formula is C53H59ClN10O7S2. The third-order valence-electron chi connectivity index (χ3n) is 13.6. The van der Waals surface area contributed by atoms with Crippen LogP contribution in [0.25, 0.3) is 15.4 Å². The number of aryl methyl sites for hydroxylation is 3. The highest BCUT2D eigenvalue weighted by atomic mass is 35.5. The average molecular weight is 1050 g/mol. The van der Waals surface area contributed by atoms with E-state index in [1.54, 1.807) is 34.8 Å². The topological polar surface area (TPSA) is 215 Å². The quantitative estimate of drug-likeness (QED) is 0.0791. The maximum absolute atomic E-state index is 14.2. The van der Waals surface area contributed by atoms with E-state index in [2.05, 4.69) is 50.0 Å². The molecule has 6 aromatic rings. The zero-order chi connectivity index (χ0) is 51.9. The number of aromatic nitrogens is 5. The Bertz CT molecular complexity index is 3050. The van der Waals surface area contributed by atoms with Crippen LogP contribution in [0.3, 0.4) is 0 Å². The van der Waals surface area contributed by atoms with Crippen LogP contribution in [0.4, 0.5) is 0 Å². The van der Waals surface area contributed by atoms with E-state index in [1.807, 2.05) is 100 Å². The number of rotatable bonds is 15. The van der Waals surface area contributed by atoms with Crippen LogP contribution in [0.5, 0.6) is 11.6 Å². The van der Waals surface area contributed by atoms with Crippen LogP contribution in [0.2, 0.25) is 5.02 Å². The Labute approximate surface area is 436 Å². The first-order chi connectivity index (χ1) is 34.8. The summed E-state index contributed by atoms with van der Waals surface area (Å²) in [6, 6.07) is 15.7. The van der Waals surface area contributed by atoms with E-state index >= 15 is 0 Å². The summed E-state index contributed by atoms with van der Waals surface area (Å²) in [4.78, 5) is 72.4. The number of thiophene rings is 1. The van der Waals surface area contributed by atoms with Crippen molar-refractivity contribution in [3.8, 4) is 27.1 Å². The molecule has 3 aliphatic rings. The highest BCUT2D eigenvalue weighted by molar-refractivity contribution is 7.15. The van der Waals surface area contributed by atoms with E-state index in [1.165, 1.54) is 11.1 Å². The number of nitrogens with one attached hydrogen (secondary N) is 3. The second-order valence-corrected chi connectivity index (χ2v) is 22.6. The summed E-state index contributed by atoms with van der Waals surface area (Å²) in [7, 11) is 0. The van der Waals surface area contributed by atoms with Gasteiger partial charge in [0.05, 0.1) is 46.6 Å². The van der Waals surface area contributed by atoms with Crippen molar-refractivity contribution in [3.05, 3.63) is 122 Å². The highest BCUT2D eigenvalue weighted by Gasteiger charge is 2.45. The molecule has 2 fully saturated rings. The Morgan fingerprint density at radius 3 is 2.30 bits per heavy atom. The van der Waals surface area contributed by atoms with Crippen molar-refractivity contribution >= 4 is 63.6 Å². The van der Waals surface area contributed by atoms with Crippen molar-refractivity contribution in [2.75, 3.05) is 13.2 Å². The van der Waals surface area contributed by atoms with Crippen LogP contribution in [0, 0.1) is 33.1 Å². The van der Waals surface area contributed by atoms with Crippen LogP contribution >= 0.6 is 34.3 Å². The molecule has 4 N–H and O–H groups in total. The lowest BCUT2D eigenvalue weighted by Crippen LogP contribution is -2.58. The number of nitrogens with zero attached hydrogens (tertiary/aromatic N) is 7. The molecule has 17 nitrogen and oxygen atoms in total. The van der Waals surface area contributed by atoms with Gasteiger partial charge in [0.15, 0.2) is 12.4 Å². The number of halogens is 1. The Hall–Kier alpha value is -6.54. The van der Waals surface area contributed by atoms with E-state index in [-0.39, 0.29) is 43.5 Å². The van der Waals surface area contributed by atoms with Gasteiger partial charge in [0.2, 0.25) is 23.6 Å². The first kappa shape index (κ1) is 51.4. The molecule has 1 saturated heterocycles. The maximum Gasteiger partial charge on any atom is 0.258 e. The molecule has 1 unspecified atom stereocenters. The molecule has 0 radical (unpaired) electrons. The number of aliphatic imine (C=N–C) groups is 1. The number of ether oxygens (including phenoxy) is 2. The van der Waals surface area contributed by atoms with Crippen LogP contribution in [0.1, 0.15) is 110 Å². The average Bonchev–Trinajstić information content (AvgIpc) is 4.11. The number of carbonyl (C=O) groups is 4. The van der Waals surface area contributed by atoms with Crippen LogP contribution in [-0.2, 0) is 19.2 Å². The van der Waals surface area contributed by atoms with Crippen molar-refractivity contribution in [3.63, 3.8) is 0 Å². The molecular weight excluding hydrogens is 988 g/mol. The first-order valence-electron chi connectivity index (χ1n) is 24.3. The number of β-amino-alcohol motifs (C(OH)–C–C–N with tert-alkyl or cyclic N) is 1. The van der Waals surface area contributed by atoms with Crippen molar-refractivity contribution in [2.24, 2.45) is 10.4 Å². The van der Waals surface area contributed by atoms with Crippen molar-refractivity contribution in [1.82, 2.24) is 45.6 Å². The Morgan fingerprint density at radius 2 is 1.63 bits per heavy atom. The molecule has 2 aliphatic heterocycles. The molecule has 2 aromatic carbocycles. The third-order valence-corrected chi connectivity index (χ3v) is 16.0. The third kappa shape index (κ3) is 11.2. The number of carbonyl (C=O) groups excluding carboxylic acids is 4. The fourth-order valence-corrected chi connectivity index (χ4v) is 11.6. The minimum absolute atomic E-state index is 0.0471. The molecule has 4 amide bonds. The number of benzene rings is 2. The number of thiazole rings is 1. The van der Waals surface area contributed by atoms with Crippen molar-refractivity contribution in [1.29, 1.82) is 0 Å². The number of amides is 4. The Balaban J connectivity index is 0.750. The summed E-state index contributed by atoms with van der Waals surface area (Å²) in [5.74, 6) is 0.432. The number of aliphatic hydroxyl groups excluding tert-OH is 1. The number of likely N-dealkylation sites (tertiary alicyclic amines) is 1. The molecule has 382 valence electrons. The van der Waals surface area contributed by atoms with Gasteiger partial charge in [-0.15, -0.1) is 32.9 Å². The first-order valence-corrected chi connectivity index (χ1v) is 26.4. The Kier molecular flexibility index (Phi) is 14.9. The number of aliphatic hydroxyl groups is 1. The summed E-state index contributed by atoms with van der Waals surface area (Å²) in [6.45, 7) is 14.9. The molecule has 0 spiro atoms. The molecule has 0 bridgehead atoms. The number of hydrogen-bond donors (Lipinski definition) is 4. The van der Waals surface area contributed by atoms with Crippen LogP contribution < -0.4 is 25.4 Å². The largest absolute Gasteiger partial charge is 0.482 e. The number of hydrogen-bond acceptors (Lipinski definition) is 14. The smallest absolute Gasteiger partial charge is 0.258 e. The van der Waals surface area contributed by atoms with Gasteiger partial charge >= 0.3 is 0 Å². The Morgan fingerprint density at radius 1 is 0.904 bits per heavy atom. The van der Waals surface area contributed by atoms with Gasteiger partial charge in [0.1, 0.15) is 40.8 Å². The number of fused-ring (bicyclic) bond motifs is 3. The lowest BCUT2D eigenvalue weighted by Gasteiger charge is -2.35. The van der Waals surface area contributed by atoms with Gasteiger partial charge in [0.25, 0.3) is 5.91 Å². The second-order valence-electron chi connectivity index (χ2n) is 20.1. The lowest BCUT2D eigenvalue weighted by molar-refractivity contribution is -0.144. The molecule has 9 rings (SSSR count). The predicted octanol–water partition coefficient (Wildman–Crippen LogP) is 7.49. The van der Waals surface area contributed by atoms with E-state index in [0.29, 0.717) is 35.3 Å². The van der Waals surface area contributed by atoms with Crippen molar-refractivity contribution in [2.45, 2.75) is 123 Å². The molecule has 73 heavy (non-hydrogen) atoms. The van der Waals surface area contributed by atoms with Crippen LogP contribution in [0.15, 0.2) is 77.4 Å². The predicted molar refractivity (Wildman–Crippen MR) is 280 cm³/mol. The molecule has 1 aliphatic carbocycles. The van der Waals surface area contributed by atoms with E-state index in [0.717, 1.165) is 59.8 Å². The normalized spacial score (nSPS) is 20.1. The molecule has 5 atom stereocenters. The van der Waals surface area contributed by atoms with Gasteiger partial charge in [-0.25, -0.2) is 9.97 Å². The van der Waals surface area contributed by atoms with Gasteiger partial charge in [-0.05, 0) is 74.9 Å². The summed E-state index contributed by atoms with van der Waals surface area (Å²) in [6.07, 6.45) is 1.68. The minimum Gasteiger partial charge on any atom is -0.482 e. The van der Waals surface area contributed by atoms with Gasteiger partial charge < -0.3 is 35.4 Å². The fourth-order valence-electron chi connectivity index (χ4n) is 9.43. The molecule has 20 heteroatoms. The number of pyridine rings is 1. The van der Waals surface area contributed by atoms with Gasteiger partial charge in [0, 0.05) is 58.9 Å². The zero-order valence-electron chi connectivity index (χ0n) is 41.9. The minimum atomic E-state index is -1.03. The molecule has 1 saturated carbocycles. The zero-order valence-corrected chi connectivity index (χ0v) is 44.3. The summed E-state index contributed by atoms with van der Waals surface area (Å²) in [5.41, 5.74) is 7.73. The van der Waals surface area contributed by atoms with Crippen LogP contribution in [-0.4, -0.2) is 108 Å². The van der Waals surface area contributed by atoms with Gasteiger partial charge in [-0.1, -0.05) is 68.8 Å². The maximum atomic E-state index is 14.2. The van der Waals surface area contributed by atoms with E-state index in [9.17, 15) is 24.3 Å². The lowest BCUT2D eigenvalue weighted by atomic mass is 9.85. The molecule has 6 heterocycles. The second kappa shape index (κ2) is 21.1. The monoisotopic (exact) mass is 1050 g/mol. The fraction of sp³-hybridized carbons (Fsp3) is 0.415. The standard InChI is InChI=1S/C53H59ClN10O7S2/c1-27-30(4)73-52-45(27)46(33-13-15-35(54)16-14-33)59-40(49-62-61-31(5)64(49)52)22-42(66)58-36-19-39(20-36)71-44-18-17-38(23-55-44)70-25-43(67)60-48(53(6,7)8)51(69)63-24-37(65)21-41(63)50(68)57-28(2)32-9-11-34(12-10-32)47-29(3)56-26-72-47/h9-18,23,26,28,36-37,39-41,48,65H,19-22,24-25H2,1-8H3,(H,57,68)(H,58,66)(H,60,67)/t28-,36?,37-,39?,40-,41+,48?/m0/s1. The van der Waals surface area contributed by atoms with E-state index in [4.69, 9.17) is 26.1 Å². The SMILES string of the molecule is Cc1ncsc1-c1ccc([C@H](C)NC(=O)[C@H]2C[C@H](O)CN2C(=O)C(NC(=O)COc2ccc(OC3CC(NC(=O)C[C@@H]4N=C(c5ccc(Cl)cc5)c5c(sc(C)c5C)-n5c(C)nnc54)C3)nc2)C(C)(C)C)cc1. The van der Waals surface area contributed by atoms with E-state index < -0.39 is 54.0 Å². The highest BCUT2D eigenvalue weighted by Crippen LogP contribution is 2.40. The van der Waals surface area contributed by atoms with Gasteiger partial charge in [-0.3, -0.25) is 28.7 Å². The molecule has 4 aromatic heterocycles. The van der Waals surface area contributed by atoms with Crippen molar-refractivity contribution < 1.29 is 33.8 Å². The van der Waals surface area contributed by atoms with Gasteiger partial charge in [-0.2, -0.15) is 0 Å². The summed E-state index contributed by atoms with van der Waals surface area (Å²) in [5, 5.41) is 30.2. The summed E-state index contributed by atoms with van der Waals surface area (Å²) < 4.78 is 13.9. The summed E-state index contributed by atoms with van der Waals surface area (Å²) >= 11 is 9.49.